The summed E-state index contributed by atoms with van der Waals surface area (Å²) < 4.78 is 23.2. The van der Waals surface area contributed by atoms with Gasteiger partial charge >= 0.3 is 22.5 Å². The molecule has 20 heteroatoms. The van der Waals surface area contributed by atoms with E-state index < -0.39 is 21.8 Å². The summed E-state index contributed by atoms with van der Waals surface area (Å²) >= 11 is -1.44. The molecule has 0 bridgehead atoms. The van der Waals surface area contributed by atoms with Gasteiger partial charge in [0.2, 0.25) is 0 Å². The van der Waals surface area contributed by atoms with E-state index >= 15 is 0 Å². The molecular formula is C41H60B12MnO7-3. The van der Waals surface area contributed by atoms with E-state index in [1.807, 2.05) is 66.7 Å². The van der Waals surface area contributed by atoms with Crippen molar-refractivity contribution in [2.45, 2.75) is 58.0 Å². The molecule has 0 atom stereocenters. The number of rotatable bonds is 13. The Hall–Kier alpha value is -3.23. The van der Waals surface area contributed by atoms with Crippen LogP contribution in [0.1, 0.15) is 75.0 Å². The number of aryl methyl sites for hydroxylation is 4. The standard InChI is InChI=1S/C11H14O.C10H14O2.C10H12O2.C10H10.B4H6.B4H3.B4H.Mn.2O/c1-2-10-6-3-4-7-11(10)8-5-9-12;2*11-7-3-6-9-4-1-2-5-10(9)8-12;1-2-6-10-8-4-3-7-9(10)5-1;2*1-4(2)3;1-3-4-2;;;/h2-4,6-7,12H,1,5,8-9H2;1-2,4-5,11-12H,3,6-8H2;1-2,4-5,8,11H,3,6-7H2;1-3,5-7H,4,8H2;1-2H3;1H3;3H;;;/q;;;;-2;-1;;;;/i;;;;;;3T;;;. The molecule has 4 aromatic carbocycles. The second kappa shape index (κ2) is 46.3. The van der Waals surface area contributed by atoms with Gasteiger partial charge in [0.15, 0.2) is 0 Å². The van der Waals surface area contributed by atoms with Crippen molar-refractivity contribution in [3.63, 3.8) is 0 Å². The van der Waals surface area contributed by atoms with Gasteiger partial charge in [-0.1, -0.05) is 137 Å². The van der Waals surface area contributed by atoms with E-state index in [9.17, 15) is 4.79 Å². The number of aliphatic hydroxyl groups is 4. The van der Waals surface area contributed by atoms with E-state index in [0.717, 1.165) is 74.1 Å². The van der Waals surface area contributed by atoms with Crippen LogP contribution in [0.4, 0.5) is 0 Å². The van der Waals surface area contributed by atoms with Crippen LogP contribution in [-0.2, 0) is 54.8 Å². The second-order valence-corrected chi connectivity index (χ2v) is 11.6. The number of carbonyl (C=O) groups is 1. The van der Waals surface area contributed by atoms with Crippen LogP contribution in [0, 0.1) is 0 Å². The molecule has 1 aliphatic carbocycles. The first-order valence-corrected chi connectivity index (χ1v) is 19.4. The van der Waals surface area contributed by atoms with Crippen molar-refractivity contribution in [1.29, 1.82) is 1.34 Å². The van der Waals surface area contributed by atoms with Crippen molar-refractivity contribution in [2.75, 3.05) is 19.8 Å². The first kappa shape index (κ1) is 59.9. The molecule has 0 fully saturated rings. The molecule has 0 aliphatic heterocycles. The van der Waals surface area contributed by atoms with E-state index in [-0.39, 0.29) is 40.5 Å². The molecule has 0 heterocycles. The second-order valence-electron chi connectivity index (χ2n) is 11.4. The Morgan fingerprint density at radius 1 is 0.738 bits per heavy atom. The van der Waals surface area contributed by atoms with E-state index in [0.29, 0.717) is 21.9 Å². The Bertz CT molecular complexity index is 1690. The molecule has 0 unspecified atom stereocenters. The maximum atomic E-state index is 10.5. The summed E-state index contributed by atoms with van der Waals surface area (Å²) in [5, 5.41) is 34.9. The summed E-state index contributed by atoms with van der Waals surface area (Å²) in [4.78, 5) is 10.5. The van der Waals surface area contributed by atoms with Gasteiger partial charge in [-0.3, -0.25) is 11.2 Å². The third kappa shape index (κ3) is 38.2. The van der Waals surface area contributed by atoms with Crippen molar-refractivity contribution in [3.05, 3.63) is 154 Å². The van der Waals surface area contributed by atoms with Crippen molar-refractivity contribution < 1.29 is 47.7 Å². The molecule has 0 amide bonds. The fourth-order valence-corrected chi connectivity index (χ4v) is 4.98. The molecule has 0 saturated heterocycles. The van der Waals surface area contributed by atoms with Crippen LogP contribution in [0.25, 0.3) is 12.2 Å². The van der Waals surface area contributed by atoms with Gasteiger partial charge in [0.05, 0.1) is 6.61 Å². The minimum atomic E-state index is -1.44. The predicted octanol–water partition coefficient (Wildman–Crippen LogP) is -0.0584. The third-order valence-electron chi connectivity index (χ3n) is 7.60. The zero-order valence-electron chi connectivity index (χ0n) is 34.3. The fraction of sp³-hybridized carbons (Fsp3) is 0.293. The number of benzene rings is 4. The average Bonchev–Trinajstić information content (AvgIpc) is 3.28. The fourth-order valence-electron chi connectivity index (χ4n) is 4.98. The Kier molecular flexibility index (Phi) is 45.4. The third-order valence-corrected chi connectivity index (χ3v) is 7.60. The summed E-state index contributed by atoms with van der Waals surface area (Å²) in [6.07, 6.45) is 15.3. The number of hydrogen-bond donors (Lipinski definition) is 4. The Balaban J connectivity index is -0.000000672. The van der Waals surface area contributed by atoms with Crippen LogP contribution >= 0.6 is 0 Å². The predicted molar refractivity (Wildman–Crippen MR) is 275 cm³/mol. The topological polar surface area (TPSA) is 132 Å². The van der Waals surface area contributed by atoms with E-state index in [4.69, 9.17) is 68.1 Å². The van der Waals surface area contributed by atoms with Crippen LogP contribution in [0.15, 0.2) is 110 Å². The summed E-state index contributed by atoms with van der Waals surface area (Å²) in [5.74, 6) is 0. The van der Waals surface area contributed by atoms with Crippen LogP contribution in [-0.4, -0.2) is 137 Å². The van der Waals surface area contributed by atoms with E-state index in [1.54, 1.807) is 6.07 Å². The quantitative estimate of drug-likeness (QED) is 0.110. The number of carbonyl (C=O) groups excluding carboxylic acids is 1. The Morgan fingerprint density at radius 2 is 1.11 bits per heavy atom. The Labute approximate surface area is 386 Å². The first-order chi connectivity index (χ1) is 29.8. The summed E-state index contributed by atoms with van der Waals surface area (Å²) in [5.41, 5.74) is 9.17. The molecule has 0 saturated carbocycles. The van der Waals surface area contributed by atoms with E-state index in [2.05, 4.69) is 49.1 Å². The van der Waals surface area contributed by atoms with Crippen molar-refractivity contribution in [3.8, 4) is 0 Å². The number of allylic oxidation sites excluding steroid dienone is 1. The molecule has 5 rings (SSSR count). The van der Waals surface area contributed by atoms with Crippen LogP contribution < -0.4 is 0 Å². The van der Waals surface area contributed by atoms with Gasteiger partial charge in [0, 0.05) is 54.9 Å². The van der Waals surface area contributed by atoms with Gasteiger partial charge in [0.1, 0.15) is 6.29 Å². The van der Waals surface area contributed by atoms with E-state index in [1.165, 1.54) is 35.1 Å². The van der Waals surface area contributed by atoms with Crippen molar-refractivity contribution in [2.24, 2.45) is 0 Å². The van der Waals surface area contributed by atoms with Crippen molar-refractivity contribution in [1.82, 2.24) is 0 Å². The molecule has 0 spiro atoms. The van der Waals surface area contributed by atoms with Gasteiger partial charge in [-0.25, -0.2) is 0 Å². The number of fused-ring (bicyclic) bond motifs is 1. The summed E-state index contributed by atoms with van der Waals surface area (Å²) in [6.45, 7) is 4.46. The molecule has 0 aromatic heterocycles. The van der Waals surface area contributed by atoms with Gasteiger partial charge in [-0.15, -0.1) is 21.9 Å². The van der Waals surface area contributed by atoms with Crippen LogP contribution in [0.3, 0.4) is 0 Å². The normalized spacial score (nSPS) is 9.85. The summed E-state index contributed by atoms with van der Waals surface area (Å²) in [7, 11) is 26.7. The molecule has 1 aliphatic rings. The molecular weight excluding hydrogens is 789 g/mol. The van der Waals surface area contributed by atoms with Gasteiger partial charge in [0.25, 0.3) is 0 Å². The molecule has 4 aromatic rings. The van der Waals surface area contributed by atoms with Crippen molar-refractivity contribution >= 4 is 107 Å². The summed E-state index contributed by atoms with van der Waals surface area (Å²) in [6, 6.07) is 31.9. The zero-order chi connectivity index (χ0) is 47.4. The maximum absolute atomic E-state index is 10.5. The van der Waals surface area contributed by atoms with Gasteiger partial charge in [-0.05, 0) is 107 Å². The monoisotopic (exact) mass is 853 g/mol. The SMILES string of the molecule is C1=Cc2ccccc2CC1.C=Cc1ccccc1CCCO.O=Cc1ccccc1CCCO.OCCCc1ccccc1CO.[3H]B([B])[B][B].[B]B([BH3-])[BH3-].[B]B([B])[BH3-].[O]=[Mn]=[O]. The first-order valence-electron chi connectivity index (χ1n) is 19.0. The number of aldehydes is 1. The molecule has 7 nitrogen and oxygen atoms in total. The van der Waals surface area contributed by atoms with Crippen LogP contribution in [0.2, 0.25) is 0 Å². The zero-order valence-corrected chi connectivity index (χ0v) is 34.5. The number of hydrogen-bond acceptors (Lipinski definition) is 7. The molecule has 312 valence electrons. The molecule has 61 heavy (non-hydrogen) atoms. The minimum absolute atomic E-state index is 0.0833. The van der Waals surface area contributed by atoms with Gasteiger partial charge in [-0.2, -0.15) is 0 Å². The average molecular weight is 852 g/mol. The molecule has 4 N–H and O–H groups in total. The van der Waals surface area contributed by atoms with Gasteiger partial charge < -0.3 is 20.4 Å². The number of aliphatic hydroxyl groups excluding tert-OH is 4. The Morgan fingerprint density at radius 3 is 1.52 bits per heavy atom. The van der Waals surface area contributed by atoms with Crippen LogP contribution in [0.5, 0.6) is 0 Å². The molecule has 11 radical (unpaired) electrons.